The Morgan fingerprint density at radius 1 is 1.20 bits per heavy atom. The second-order valence-corrected chi connectivity index (χ2v) is 2.93. The Morgan fingerprint density at radius 2 is 1.67 bits per heavy atom. The summed E-state index contributed by atoms with van der Waals surface area (Å²) in [6.45, 7) is 5.49. The smallest absolute Gasteiger partial charge is 1.00 e. The van der Waals surface area contributed by atoms with Gasteiger partial charge in [0.2, 0.25) is 0 Å². The zero-order chi connectivity index (χ0) is 8.97. The average Bonchev–Trinajstić information content (AvgIpc) is 2.17. The van der Waals surface area contributed by atoms with Crippen molar-refractivity contribution >= 4 is 25.8 Å². The van der Waals surface area contributed by atoms with Crippen LogP contribution in [0.3, 0.4) is 0 Å². The molecule has 4 heteroatoms. The molecule has 0 aromatic heterocycles. The zero-order valence-electron chi connectivity index (χ0n) is 8.57. The average molecular weight is 436 g/mol. The molecule has 0 bridgehead atoms. The van der Waals surface area contributed by atoms with Gasteiger partial charge in [0.25, 0.3) is 0 Å². The Bertz CT molecular complexity index is 254. The van der Waals surface area contributed by atoms with Crippen LogP contribution in [0.25, 0.3) is 0 Å². The summed E-state index contributed by atoms with van der Waals surface area (Å²) in [4.78, 5) is 0. The maximum Gasteiger partial charge on any atom is 3.00 e. The number of hydrogen-bond acceptors (Lipinski definition) is 1. The largest absolute Gasteiger partial charge is 3.00 e. The van der Waals surface area contributed by atoms with E-state index >= 15 is 0 Å². The first-order chi connectivity index (χ1) is 5.75. The van der Waals surface area contributed by atoms with Gasteiger partial charge in [-0.3, -0.25) is 0 Å². The van der Waals surface area contributed by atoms with Gasteiger partial charge in [0.15, 0.2) is 0 Å². The minimum Gasteiger partial charge on any atom is -1.00 e. The summed E-state index contributed by atoms with van der Waals surface area (Å²) in [5.74, 6) is -0.00704. The van der Waals surface area contributed by atoms with Gasteiger partial charge in [-0.25, -0.2) is 0 Å². The number of benzene rings is 1. The van der Waals surface area contributed by atoms with Gasteiger partial charge in [-0.15, -0.1) is 6.58 Å². The zero-order valence-corrected chi connectivity index (χ0v) is 15.0. The predicted octanol–water partition coefficient (Wildman–Crippen LogP) is -4.46. The Balaban J connectivity index is -0.000000480. The molecule has 1 aromatic carbocycles. The van der Waals surface area contributed by atoms with Crippen molar-refractivity contribution in [1.29, 1.82) is 0 Å². The van der Waals surface area contributed by atoms with Crippen LogP contribution < -0.4 is 39.1 Å². The van der Waals surface area contributed by atoms with Crippen LogP contribution >= 0.6 is 0 Å². The van der Waals surface area contributed by atoms with Gasteiger partial charge in [0, 0.05) is 0 Å². The van der Waals surface area contributed by atoms with E-state index in [0.717, 1.165) is 5.56 Å². The summed E-state index contributed by atoms with van der Waals surface area (Å²) in [5, 5.41) is 11.6. The van der Waals surface area contributed by atoms with Crippen LogP contribution in [0.1, 0.15) is 18.6 Å². The Kier molecular flexibility index (Phi) is 15.8. The molecule has 0 N–H and O–H groups in total. The molecule has 0 heterocycles. The first-order valence-electron chi connectivity index (χ1n) is 4.09. The van der Waals surface area contributed by atoms with E-state index < -0.39 is 6.10 Å². The summed E-state index contributed by atoms with van der Waals surface area (Å²) >= 11 is 0. The van der Waals surface area contributed by atoms with Crippen LogP contribution in [0.2, 0.25) is 0 Å². The monoisotopic (exact) mass is 434 g/mol. The van der Waals surface area contributed by atoms with Crippen molar-refractivity contribution in [3.63, 3.8) is 0 Å². The molecule has 15 heavy (non-hydrogen) atoms. The van der Waals surface area contributed by atoms with Crippen molar-refractivity contribution < 1.29 is 39.1 Å². The molecule has 1 rings (SSSR count). The molecule has 0 fully saturated rings. The van der Waals surface area contributed by atoms with E-state index in [1.165, 1.54) is 0 Å². The SMILES string of the molecule is C=CC(C)C([O-])c1ccccc1.[Br-].[Br-].[In+3]. The van der Waals surface area contributed by atoms with Gasteiger partial charge in [0.1, 0.15) is 0 Å². The molecule has 0 saturated carbocycles. The minimum atomic E-state index is -0.677. The van der Waals surface area contributed by atoms with E-state index in [1.807, 2.05) is 37.3 Å². The van der Waals surface area contributed by atoms with Crippen LogP contribution in [0.4, 0.5) is 0 Å². The third kappa shape index (κ3) is 6.82. The molecule has 0 radical (unpaired) electrons. The van der Waals surface area contributed by atoms with Gasteiger partial charge in [-0.05, 0) is 5.92 Å². The van der Waals surface area contributed by atoms with Gasteiger partial charge in [-0.1, -0.05) is 55.0 Å². The van der Waals surface area contributed by atoms with E-state index in [-0.39, 0.29) is 65.7 Å². The molecule has 80 valence electrons. The van der Waals surface area contributed by atoms with Crippen LogP contribution in [0, 0.1) is 5.92 Å². The molecule has 0 aliphatic carbocycles. The molecular weight excluding hydrogens is 423 g/mol. The fourth-order valence-corrected chi connectivity index (χ4v) is 1.07. The van der Waals surface area contributed by atoms with Gasteiger partial charge >= 0.3 is 25.8 Å². The first kappa shape index (κ1) is 21.1. The number of hydrogen-bond donors (Lipinski definition) is 0. The molecule has 1 aromatic rings. The maximum atomic E-state index is 11.6. The Morgan fingerprint density at radius 3 is 2.07 bits per heavy atom. The molecule has 0 aliphatic heterocycles. The van der Waals surface area contributed by atoms with Crippen molar-refractivity contribution in [1.82, 2.24) is 0 Å². The fourth-order valence-electron chi connectivity index (χ4n) is 1.07. The van der Waals surface area contributed by atoms with Gasteiger partial charge in [-0.2, -0.15) is 0 Å². The first-order valence-corrected chi connectivity index (χ1v) is 4.09. The third-order valence-electron chi connectivity index (χ3n) is 1.98. The van der Waals surface area contributed by atoms with Crippen LogP contribution in [0.5, 0.6) is 0 Å². The van der Waals surface area contributed by atoms with Crippen LogP contribution in [-0.2, 0) is 0 Å². The van der Waals surface area contributed by atoms with Crippen LogP contribution in [0.15, 0.2) is 43.0 Å². The molecule has 1 nitrogen and oxygen atoms in total. The van der Waals surface area contributed by atoms with E-state index in [9.17, 15) is 5.11 Å². The van der Waals surface area contributed by atoms with Crippen molar-refractivity contribution in [3.8, 4) is 0 Å². The molecule has 0 spiro atoms. The number of rotatable bonds is 3. The van der Waals surface area contributed by atoms with Crippen LogP contribution in [-0.4, -0.2) is 25.8 Å². The quantitative estimate of drug-likeness (QED) is 0.439. The predicted molar refractivity (Wildman–Crippen MR) is 54.3 cm³/mol. The topological polar surface area (TPSA) is 23.1 Å². The normalized spacial score (nSPS) is 12.1. The molecule has 2 atom stereocenters. The molecular formula is C11H13Br2InO. The Labute approximate surface area is 131 Å². The van der Waals surface area contributed by atoms with E-state index in [0.29, 0.717) is 0 Å². The molecule has 0 saturated heterocycles. The fraction of sp³-hybridized carbons (Fsp3) is 0.273. The van der Waals surface area contributed by atoms with Gasteiger partial charge < -0.3 is 39.1 Å². The standard InChI is InChI=1S/C11H13O.2BrH.In/c1-3-9(2)11(12)10-7-5-4-6-8-10;;;/h3-9,11H,1H2,2H3;2*1H;/q-1;;;+3/p-2. The second kappa shape index (κ2) is 11.2. The summed E-state index contributed by atoms with van der Waals surface area (Å²) in [5.41, 5.74) is 0.838. The van der Waals surface area contributed by atoms with Gasteiger partial charge in [0.05, 0.1) is 0 Å². The Hall–Kier alpha value is 0.750. The summed E-state index contributed by atoms with van der Waals surface area (Å²) in [7, 11) is 0. The maximum absolute atomic E-state index is 11.6. The summed E-state index contributed by atoms with van der Waals surface area (Å²) < 4.78 is 0. The molecule has 0 aliphatic rings. The third-order valence-corrected chi connectivity index (χ3v) is 1.98. The summed E-state index contributed by atoms with van der Waals surface area (Å²) in [6, 6.07) is 9.40. The molecule has 0 amide bonds. The second-order valence-electron chi connectivity index (χ2n) is 2.93. The summed E-state index contributed by atoms with van der Waals surface area (Å²) in [6.07, 6.45) is 1.02. The van der Waals surface area contributed by atoms with E-state index in [1.54, 1.807) is 6.08 Å². The number of halogens is 2. The molecule has 2 unspecified atom stereocenters. The minimum absolute atomic E-state index is 0. The van der Waals surface area contributed by atoms with E-state index in [4.69, 9.17) is 0 Å². The van der Waals surface area contributed by atoms with Crippen molar-refractivity contribution in [2.24, 2.45) is 5.92 Å². The van der Waals surface area contributed by atoms with E-state index in [2.05, 4.69) is 6.58 Å². The van der Waals surface area contributed by atoms with Crippen molar-refractivity contribution in [3.05, 3.63) is 48.6 Å². The van der Waals surface area contributed by atoms with Crippen molar-refractivity contribution in [2.75, 3.05) is 0 Å². The van der Waals surface area contributed by atoms with Crippen molar-refractivity contribution in [2.45, 2.75) is 13.0 Å².